The van der Waals surface area contributed by atoms with Crippen LogP contribution in [0.15, 0.2) is 42.5 Å². The van der Waals surface area contributed by atoms with Crippen molar-refractivity contribution in [2.24, 2.45) is 0 Å². The molecule has 0 aliphatic carbocycles. The Kier molecular flexibility index (Phi) is 3.39. The van der Waals surface area contributed by atoms with Gasteiger partial charge in [0, 0.05) is 5.69 Å². The lowest BCUT2D eigenvalue weighted by Crippen LogP contribution is -2.14. The van der Waals surface area contributed by atoms with Crippen LogP contribution in [-0.4, -0.2) is 15.9 Å². The minimum Gasteiger partial charge on any atom is -0.342 e. The molecule has 0 bridgehead atoms. The van der Waals surface area contributed by atoms with Crippen molar-refractivity contribution < 1.29 is 9.18 Å². The average molecular weight is 283 g/mol. The fourth-order valence-electron chi connectivity index (χ4n) is 2.25. The molecular weight excluding hydrogens is 269 g/mol. The number of aryl methyl sites for hydroxylation is 1. The van der Waals surface area contributed by atoms with E-state index in [0.717, 1.165) is 22.4 Å². The molecule has 1 heterocycles. The van der Waals surface area contributed by atoms with Gasteiger partial charge in [-0.2, -0.15) is 0 Å². The van der Waals surface area contributed by atoms with Gasteiger partial charge in [0.05, 0.1) is 17.5 Å². The van der Waals surface area contributed by atoms with Gasteiger partial charge >= 0.3 is 0 Å². The normalized spacial score (nSPS) is 10.8. The minimum absolute atomic E-state index is 0.184. The zero-order valence-corrected chi connectivity index (χ0v) is 11.5. The summed E-state index contributed by atoms with van der Waals surface area (Å²) in [6.07, 6.45) is 0.227. The van der Waals surface area contributed by atoms with Gasteiger partial charge in [0.15, 0.2) is 0 Å². The van der Waals surface area contributed by atoms with Crippen LogP contribution in [0, 0.1) is 12.7 Å². The predicted molar refractivity (Wildman–Crippen MR) is 79.6 cm³/mol. The molecule has 1 amide bonds. The van der Waals surface area contributed by atoms with Gasteiger partial charge in [0.1, 0.15) is 11.6 Å². The third kappa shape index (κ3) is 3.08. The van der Waals surface area contributed by atoms with Gasteiger partial charge < -0.3 is 10.3 Å². The highest BCUT2D eigenvalue weighted by Gasteiger charge is 2.07. The van der Waals surface area contributed by atoms with E-state index in [2.05, 4.69) is 15.3 Å². The molecule has 106 valence electrons. The number of imidazole rings is 1. The molecule has 0 radical (unpaired) electrons. The van der Waals surface area contributed by atoms with E-state index >= 15 is 0 Å². The van der Waals surface area contributed by atoms with E-state index in [0.29, 0.717) is 5.69 Å². The van der Waals surface area contributed by atoms with Crippen LogP contribution in [0.25, 0.3) is 11.0 Å². The second kappa shape index (κ2) is 5.36. The van der Waals surface area contributed by atoms with Gasteiger partial charge in [0.2, 0.25) is 5.91 Å². The molecule has 2 aromatic carbocycles. The average Bonchev–Trinajstić information content (AvgIpc) is 2.78. The number of halogens is 1. The zero-order valence-electron chi connectivity index (χ0n) is 11.5. The second-order valence-electron chi connectivity index (χ2n) is 4.91. The number of hydrogen-bond acceptors (Lipinski definition) is 2. The SMILES string of the molecule is Cc1nc2ccc(CC(=O)Nc3cccc(F)c3)cc2[nH]1. The first-order chi connectivity index (χ1) is 10.1. The molecule has 0 atom stereocenters. The summed E-state index contributed by atoms with van der Waals surface area (Å²) in [5.74, 6) is 0.282. The van der Waals surface area contributed by atoms with Crippen molar-refractivity contribution in [1.29, 1.82) is 0 Å². The van der Waals surface area contributed by atoms with E-state index in [-0.39, 0.29) is 18.1 Å². The summed E-state index contributed by atoms with van der Waals surface area (Å²) in [7, 11) is 0. The molecule has 3 aromatic rings. The third-order valence-corrected chi connectivity index (χ3v) is 3.14. The molecule has 0 saturated carbocycles. The molecule has 3 rings (SSSR count). The van der Waals surface area contributed by atoms with Gasteiger partial charge in [-0.15, -0.1) is 0 Å². The molecule has 0 unspecified atom stereocenters. The van der Waals surface area contributed by atoms with Gasteiger partial charge in [-0.1, -0.05) is 12.1 Å². The van der Waals surface area contributed by atoms with Gasteiger partial charge in [-0.25, -0.2) is 9.37 Å². The molecule has 0 fully saturated rings. The summed E-state index contributed by atoms with van der Waals surface area (Å²) in [6.45, 7) is 1.89. The highest BCUT2D eigenvalue weighted by atomic mass is 19.1. The van der Waals surface area contributed by atoms with Gasteiger partial charge in [-0.05, 0) is 42.8 Å². The summed E-state index contributed by atoms with van der Waals surface area (Å²) in [4.78, 5) is 19.4. The van der Waals surface area contributed by atoms with Crippen LogP contribution in [0.4, 0.5) is 10.1 Å². The predicted octanol–water partition coefficient (Wildman–Crippen LogP) is 3.19. The number of amides is 1. The quantitative estimate of drug-likeness (QED) is 0.775. The van der Waals surface area contributed by atoms with Crippen LogP contribution in [0.2, 0.25) is 0 Å². The van der Waals surface area contributed by atoms with E-state index in [1.807, 2.05) is 25.1 Å². The van der Waals surface area contributed by atoms with Crippen molar-refractivity contribution in [1.82, 2.24) is 9.97 Å². The number of aromatic nitrogens is 2. The lowest BCUT2D eigenvalue weighted by molar-refractivity contribution is -0.115. The molecule has 0 spiro atoms. The van der Waals surface area contributed by atoms with Crippen LogP contribution >= 0.6 is 0 Å². The van der Waals surface area contributed by atoms with Crippen molar-refractivity contribution in [3.63, 3.8) is 0 Å². The lowest BCUT2D eigenvalue weighted by atomic mass is 10.1. The van der Waals surface area contributed by atoms with E-state index in [1.165, 1.54) is 12.1 Å². The number of benzene rings is 2. The Morgan fingerprint density at radius 3 is 2.95 bits per heavy atom. The number of aromatic amines is 1. The molecule has 0 aliphatic heterocycles. The molecular formula is C16H14FN3O. The summed E-state index contributed by atoms with van der Waals surface area (Å²) >= 11 is 0. The van der Waals surface area contributed by atoms with E-state index in [9.17, 15) is 9.18 Å². The highest BCUT2D eigenvalue weighted by molar-refractivity contribution is 5.92. The number of nitrogens with zero attached hydrogens (tertiary/aromatic N) is 1. The zero-order chi connectivity index (χ0) is 14.8. The Labute approximate surface area is 121 Å². The van der Waals surface area contributed by atoms with Crippen LogP contribution < -0.4 is 5.32 Å². The van der Waals surface area contributed by atoms with E-state index in [1.54, 1.807) is 12.1 Å². The highest BCUT2D eigenvalue weighted by Crippen LogP contribution is 2.15. The maximum absolute atomic E-state index is 13.1. The molecule has 2 N–H and O–H groups in total. The second-order valence-corrected chi connectivity index (χ2v) is 4.91. The maximum atomic E-state index is 13.1. The number of nitrogens with one attached hydrogen (secondary N) is 2. The van der Waals surface area contributed by atoms with Crippen molar-refractivity contribution in [3.05, 3.63) is 59.7 Å². The number of fused-ring (bicyclic) bond motifs is 1. The molecule has 4 nitrogen and oxygen atoms in total. The number of carbonyl (C=O) groups is 1. The summed E-state index contributed by atoms with van der Waals surface area (Å²) < 4.78 is 13.1. The Hall–Kier alpha value is -2.69. The molecule has 1 aromatic heterocycles. The molecule has 21 heavy (non-hydrogen) atoms. The fourth-order valence-corrected chi connectivity index (χ4v) is 2.25. The summed E-state index contributed by atoms with van der Waals surface area (Å²) in [6, 6.07) is 11.5. The molecule has 0 saturated heterocycles. The van der Waals surface area contributed by atoms with Crippen LogP contribution in [-0.2, 0) is 11.2 Å². The van der Waals surface area contributed by atoms with Crippen molar-refractivity contribution >= 4 is 22.6 Å². The first kappa shape index (κ1) is 13.3. The summed E-state index contributed by atoms with van der Waals surface area (Å²) in [5, 5.41) is 2.68. The van der Waals surface area contributed by atoms with E-state index < -0.39 is 0 Å². The van der Waals surface area contributed by atoms with Crippen LogP contribution in [0.1, 0.15) is 11.4 Å². The van der Waals surface area contributed by atoms with Gasteiger partial charge in [0.25, 0.3) is 0 Å². The minimum atomic E-state index is -0.373. The van der Waals surface area contributed by atoms with Crippen molar-refractivity contribution in [2.75, 3.05) is 5.32 Å². The largest absolute Gasteiger partial charge is 0.342 e. The van der Waals surface area contributed by atoms with Crippen molar-refractivity contribution in [2.45, 2.75) is 13.3 Å². The number of carbonyl (C=O) groups excluding carboxylic acids is 1. The topological polar surface area (TPSA) is 57.8 Å². The van der Waals surface area contributed by atoms with Crippen molar-refractivity contribution in [3.8, 4) is 0 Å². The monoisotopic (exact) mass is 283 g/mol. The number of hydrogen-bond donors (Lipinski definition) is 2. The Morgan fingerprint density at radius 1 is 1.29 bits per heavy atom. The lowest BCUT2D eigenvalue weighted by Gasteiger charge is -2.05. The van der Waals surface area contributed by atoms with E-state index in [4.69, 9.17) is 0 Å². The van der Waals surface area contributed by atoms with Crippen LogP contribution in [0.3, 0.4) is 0 Å². The number of anilines is 1. The Bertz CT molecular complexity index is 810. The fraction of sp³-hybridized carbons (Fsp3) is 0.125. The smallest absolute Gasteiger partial charge is 0.228 e. The molecule has 0 aliphatic rings. The number of H-pyrrole nitrogens is 1. The number of rotatable bonds is 3. The maximum Gasteiger partial charge on any atom is 0.228 e. The van der Waals surface area contributed by atoms with Crippen LogP contribution in [0.5, 0.6) is 0 Å². The standard InChI is InChI=1S/C16H14FN3O/c1-10-18-14-6-5-11(7-15(14)19-10)8-16(21)20-13-4-2-3-12(17)9-13/h2-7,9H,8H2,1H3,(H,18,19)(H,20,21). The Morgan fingerprint density at radius 2 is 2.14 bits per heavy atom. The summed E-state index contributed by atoms with van der Waals surface area (Å²) in [5.41, 5.74) is 3.11. The van der Waals surface area contributed by atoms with Gasteiger partial charge in [-0.3, -0.25) is 4.79 Å². The first-order valence-electron chi connectivity index (χ1n) is 6.61. The third-order valence-electron chi connectivity index (χ3n) is 3.14. The first-order valence-corrected chi connectivity index (χ1v) is 6.61. The Balaban J connectivity index is 1.73. The molecule has 5 heteroatoms.